The molecule has 0 saturated heterocycles. The smallest absolute Gasteiger partial charge is 0.141 e. The van der Waals surface area contributed by atoms with Gasteiger partial charge in [-0.05, 0) is 36.6 Å². The van der Waals surface area contributed by atoms with Gasteiger partial charge < -0.3 is 5.32 Å². The molecule has 0 aliphatic heterocycles. The van der Waals surface area contributed by atoms with Gasteiger partial charge in [0, 0.05) is 16.1 Å². The van der Waals surface area contributed by atoms with Crippen molar-refractivity contribution >= 4 is 23.2 Å². The summed E-state index contributed by atoms with van der Waals surface area (Å²) in [7, 11) is 0. The van der Waals surface area contributed by atoms with E-state index in [1.165, 1.54) is 12.8 Å². The zero-order valence-corrected chi connectivity index (χ0v) is 11.8. The Morgan fingerprint density at radius 1 is 1.32 bits per heavy atom. The van der Waals surface area contributed by atoms with E-state index in [9.17, 15) is 0 Å². The summed E-state index contributed by atoms with van der Waals surface area (Å²) in [6.07, 6.45) is 4.09. The van der Waals surface area contributed by atoms with Crippen molar-refractivity contribution in [1.29, 1.82) is 0 Å². The zero-order chi connectivity index (χ0) is 13.2. The zero-order valence-electron chi connectivity index (χ0n) is 10.3. The van der Waals surface area contributed by atoms with E-state index in [1.54, 1.807) is 18.5 Å². The average Bonchev–Trinajstić information content (AvgIpc) is 3.12. The van der Waals surface area contributed by atoms with Crippen molar-refractivity contribution in [2.24, 2.45) is 0 Å². The summed E-state index contributed by atoms with van der Waals surface area (Å²) in [5, 5.41) is 9.05. The van der Waals surface area contributed by atoms with Crippen LogP contribution in [0, 0.1) is 0 Å². The standard InChI is InChI=1S/C13H14Cl2N4/c14-10-1-4-12(15)9(5-10)7-19-13(17-8-18-19)6-16-11-2-3-11/h1,4-5,8,11,16H,2-3,6-7H2. The van der Waals surface area contributed by atoms with E-state index in [2.05, 4.69) is 15.4 Å². The van der Waals surface area contributed by atoms with Crippen LogP contribution in [0.5, 0.6) is 0 Å². The Hall–Kier alpha value is -1.10. The van der Waals surface area contributed by atoms with Crippen molar-refractivity contribution in [3.05, 3.63) is 46.0 Å². The molecule has 1 N–H and O–H groups in total. The maximum atomic E-state index is 6.17. The van der Waals surface area contributed by atoms with E-state index < -0.39 is 0 Å². The third-order valence-corrected chi connectivity index (χ3v) is 3.75. The molecule has 0 unspecified atom stereocenters. The minimum atomic E-state index is 0.584. The van der Waals surface area contributed by atoms with Crippen LogP contribution in [0.2, 0.25) is 10.0 Å². The quantitative estimate of drug-likeness (QED) is 0.922. The van der Waals surface area contributed by atoms with E-state index in [0.717, 1.165) is 17.9 Å². The number of nitrogens with one attached hydrogen (secondary N) is 1. The minimum absolute atomic E-state index is 0.584. The lowest BCUT2D eigenvalue weighted by Crippen LogP contribution is -2.19. The van der Waals surface area contributed by atoms with Crippen LogP contribution < -0.4 is 5.32 Å². The molecule has 0 spiro atoms. The molecule has 3 rings (SSSR count). The summed E-state index contributed by atoms with van der Waals surface area (Å²) in [6, 6.07) is 6.10. The fourth-order valence-corrected chi connectivity index (χ4v) is 2.28. The van der Waals surface area contributed by atoms with Crippen molar-refractivity contribution in [1.82, 2.24) is 20.1 Å². The highest BCUT2D eigenvalue weighted by Gasteiger charge is 2.21. The van der Waals surface area contributed by atoms with Crippen LogP contribution in [-0.4, -0.2) is 20.8 Å². The van der Waals surface area contributed by atoms with Gasteiger partial charge in [0.2, 0.25) is 0 Å². The van der Waals surface area contributed by atoms with Crippen molar-refractivity contribution in [3.8, 4) is 0 Å². The topological polar surface area (TPSA) is 42.7 Å². The lowest BCUT2D eigenvalue weighted by molar-refractivity contribution is 0.583. The van der Waals surface area contributed by atoms with Crippen molar-refractivity contribution in [3.63, 3.8) is 0 Å². The first-order valence-electron chi connectivity index (χ1n) is 6.26. The molecular weight excluding hydrogens is 283 g/mol. The largest absolute Gasteiger partial charge is 0.307 e. The van der Waals surface area contributed by atoms with Gasteiger partial charge in [0.05, 0.1) is 13.1 Å². The van der Waals surface area contributed by atoms with E-state index in [1.807, 2.05) is 10.7 Å². The molecule has 1 aromatic carbocycles. The van der Waals surface area contributed by atoms with Gasteiger partial charge in [-0.2, -0.15) is 5.10 Å². The van der Waals surface area contributed by atoms with E-state index in [4.69, 9.17) is 23.2 Å². The molecule has 100 valence electrons. The molecule has 1 aliphatic carbocycles. The Morgan fingerprint density at radius 3 is 2.95 bits per heavy atom. The van der Waals surface area contributed by atoms with Gasteiger partial charge in [-0.15, -0.1) is 0 Å². The maximum absolute atomic E-state index is 6.17. The number of aromatic nitrogens is 3. The molecule has 4 nitrogen and oxygen atoms in total. The molecule has 0 atom stereocenters. The maximum Gasteiger partial charge on any atom is 0.141 e. The van der Waals surface area contributed by atoms with Gasteiger partial charge in [0.25, 0.3) is 0 Å². The summed E-state index contributed by atoms with van der Waals surface area (Å²) in [4.78, 5) is 4.28. The molecule has 0 bridgehead atoms. The monoisotopic (exact) mass is 296 g/mol. The van der Waals surface area contributed by atoms with Gasteiger partial charge in [0.15, 0.2) is 0 Å². The lowest BCUT2D eigenvalue weighted by atomic mass is 10.2. The molecule has 1 aliphatic rings. The second-order valence-corrected chi connectivity index (χ2v) is 5.57. The van der Waals surface area contributed by atoms with Crippen LogP contribution in [0.25, 0.3) is 0 Å². The second-order valence-electron chi connectivity index (χ2n) is 4.72. The third-order valence-electron chi connectivity index (χ3n) is 3.15. The molecule has 1 fully saturated rings. The summed E-state index contributed by atoms with van der Waals surface area (Å²) in [5.74, 6) is 0.919. The first-order valence-corrected chi connectivity index (χ1v) is 7.02. The highest BCUT2D eigenvalue weighted by atomic mass is 35.5. The van der Waals surface area contributed by atoms with Gasteiger partial charge in [0.1, 0.15) is 12.2 Å². The Bertz CT molecular complexity index is 578. The van der Waals surface area contributed by atoms with Gasteiger partial charge >= 0.3 is 0 Å². The SMILES string of the molecule is Clc1ccc(Cl)c(Cn2ncnc2CNC2CC2)c1. The van der Waals surface area contributed by atoms with Crippen LogP contribution >= 0.6 is 23.2 Å². The summed E-state index contributed by atoms with van der Waals surface area (Å²) in [6.45, 7) is 1.32. The van der Waals surface area contributed by atoms with Crippen molar-refractivity contribution < 1.29 is 0 Å². The Balaban J connectivity index is 1.74. The Morgan fingerprint density at radius 2 is 2.16 bits per heavy atom. The van der Waals surface area contributed by atoms with Crippen molar-refractivity contribution in [2.45, 2.75) is 32.0 Å². The third kappa shape index (κ3) is 3.26. The summed E-state index contributed by atoms with van der Waals surface area (Å²) < 4.78 is 1.85. The van der Waals surface area contributed by atoms with E-state index in [0.29, 0.717) is 22.6 Å². The first kappa shape index (κ1) is 12.9. The number of nitrogens with zero attached hydrogens (tertiary/aromatic N) is 3. The number of hydrogen-bond donors (Lipinski definition) is 1. The summed E-state index contributed by atoms with van der Waals surface area (Å²) in [5.41, 5.74) is 0.951. The molecule has 6 heteroatoms. The van der Waals surface area contributed by atoms with Crippen LogP contribution in [0.4, 0.5) is 0 Å². The molecule has 1 saturated carbocycles. The highest BCUT2D eigenvalue weighted by Crippen LogP contribution is 2.22. The van der Waals surface area contributed by atoms with E-state index >= 15 is 0 Å². The Kier molecular flexibility index (Phi) is 3.73. The van der Waals surface area contributed by atoms with Gasteiger partial charge in [-0.1, -0.05) is 23.2 Å². The summed E-state index contributed by atoms with van der Waals surface area (Å²) >= 11 is 12.2. The number of hydrogen-bond acceptors (Lipinski definition) is 3. The molecule has 2 aromatic rings. The number of benzene rings is 1. The molecule has 1 heterocycles. The average molecular weight is 297 g/mol. The first-order chi connectivity index (χ1) is 9.22. The fourth-order valence-electron chi connectivity index (χ4n) is 1.91. The molecular formula is C13H14Cl2N4. The number of halogens is 2. The normalized spacial score (nSPS) is 14.8. The van der Waals surface area contributed by atoms with Crippen LogP contribution in [0.3, 0.4) is 0 Å². The fraction of sp³-hybridized carbons (Fsp3) is 0.385. The molecule has 1 aromatic heterocycles. The van der Waals surface area contributed by atoms with Gasteiger partial charge in [-0.3, -0.25) is 0 Å². The minimum Gasteiger partial charge on any atom is -0.307 e. The number of rotatable bonds is 5. The van der Waals surface area contributed by atoms with Crippen molar-refractivity contribution in [2.75, 3.05) is 0 Å². The predicted molar refractivity (Wildman–Crippen MR) is 75.4 cm³/mol. The van der Waals surface area contributed by atoms with Crippen LogP contribution in [0.1, 0.15) is 24.2 Å². The van der Waals surface area contributed by atoms with Gasteiger partial charge in [-0.25, -0.2) is 9.67 Å². The second kappa shape index (κ2) is 5.49. The molecule has 19 heavy (non-hydrogen) atoms. The molecule has 0 amide bonds. The van der Waals surface area contributed by atoms with Crippen LogP contribution in [0.15, 0.2) is 24.5 Å². The Labute approximate surface area is 121 Å². The van der Waals surface area contributed by atoms with Crippen LogP contribution in [-0.2, 0) is 13.1 Å². The lowest BCUT2D eigenvalue weighted by Gasteiger charge is -2.08. The molecule has 0 radical (unpaired) electrons. The predicted octanol–water partition coefficient (Wildman–Crippen LogP) is 2.89. The highest BCUT2D eigenvalue weighted by molar-refractivity contribution is 6.33. The van der Waals surface area contributed by atoms with E-state index in [-0.39, 0.29) is 0 Å².